The predicted octanol–water partition coefficient (Wildman–Crippen LogP) is 1.91. The van der Waals surface area contributed by atoms with Gasteiger partial charge in [0, 0.05) is 57.9 Å². The fourth-order valence-electron chi connectivity index (χ4n) is 3.24. The molecule has 1 amide bonds. The highest BCUT2D eigenvalue weighted by atomic mass is 16.5. The van der Waals surface area contributed by atoms with Gasteiger partial charge in [-0.15, -0.1) is 0 Å². The minimum absolute atomic E-state index is 0.182. The van der Waals surface area contributed by atoms with Crippen molar-refractivity contribution in [1.82, 2.24) is 14.8 Å². The van der Waals surface area contributed by atoms with Crippen LogP contribution in [0.4, 0.5) is 5.69 Å². The molecule has 0 N–H and O–H groups in total. The Bertz CT molecular complexity index is 713. The molecule has 1 aromatic carbocycles. The number of pyridine rings is 1. The molecule has 1 aliphatic heterocycles. The number of amides is 1. The number of carbonyl (C=O) groups is 1. The average molecular weight is 368 g/mol. The van der Waals surface area contributed by atoms with Gasteiger partial charge in [0.1, 0.15) is 5.75 Å². The summed E-state index contributed by atoms with van der Waals surface area (Å²) in [5.74, 6) is 1.06. The molecule has 144 valence electrons. The molecule has 1 aliphatic rings. The number of aromatic nitrogens is 1. The van der Waals surface area contributed by atoms with Crippen LogP contribution in [0.15, 0.2) is 48.8 Å². The molecule has 6 nitrogen and oxygen atoms in total. The number of carbonyl (C=O) groups excluding carboxylic acids is 1. The minimum Gasteiger partial charge on any atom is -0.497 e. The van der Waals surface area contributed by atoms with E-state index >= 15 is 0 Å². The van der Waals surface area contributed by atoms with Crippen LogP contribution in [0, 0.1) is 0 Å². The van der Waals surface area contributed by atoms with E-state index in [-0.39, 0.29) is 5.91 Å². The second kappa shape index (κ2) is 9.37. The summed E-state index contributed by atoms with van der Waals surface area (Å²) in [5, 5.41) is 0. The second-order valence-electron chi connectivity index (χ2n) is 6.88. The molecule has 0 atom stereocenters. The summed E-state index contributed by atoms with van der Waals surface area (Å²) in [7, 11) is 3.57. The van der Waals surface area contributed by atoms with E-state index in [1.807, 2.05) is 36.2 Å². The molecule has 1 fully saturated rings. The van der Waals surface area contributed by atoms with Crippen LogP contribution in [0.3, 0.4) is 0 Å². The van der Waals surface area contributed by atoms with Gasteiger partial charge < -0.3 is 14.5 Å². The van der Waals surface area contributed by atoms with Crippen LogP contribution in [-0.4, -0.2) is 74.1 Å². The maximum Gasteiger partial charge on any atom is 0.236 e. The third-order valence-electron chi connectivity index (χ3n) is 5.08. The van der Waals surface area contributed by atoms with Gasteiger partial charge in [-0.1, -0.05) is 0 Å². The van der Waals surface area contributed by atoms with E-state index in [4.69, 9.17) is 4.74 Å². The molecular weight excluding hydrogens is 340 g/mol. The molecule has 3 rings (SSSR count). The van der Waals surface area contributed by atoms with E-state index in [0.29, 0.717) is 6.54 Å². The predicted molar refractivity (Wildman–Crippen MR) is 107 cm³/mol. The maximum atomic E-state index is 12.5. The lowest BCUT2D eigenvalue weighted by atomic mass is 10.2. The van der Waals surface area contributed by atoms with Crippen LogP contribution in [0.25, 0.3) is 0 Å². The van der Waals surface area contributed by atoms with Crippen molar-refractivity contribution in [3.05, 3.63) is 54.4 Å². The summed E-state index contributed by atoms with van der Waals surface area (Å²) in [4.78, 5) is 22.9. The fraction of sp³-hybridized carbons (Fsp3) is 0.429. The molecule has 2 heterocycles. The van der Waals surface area contributed by atoms with Gasteiger partial charge in [-0.05, 0) is 48.4 Å². The van der Waals surface area contributed by atoms with Crippen LogP contribution in [-0.2, 0) is 11.2 Å². The van der Waals surface area contributed by atoms with Crippen molar-refractivity contribution in [2.45, 2.75) is 6.42 Å². The standard InChI is InChI=1S/C21H28N4O2/c1-23(12-9-18-7-10-22-11-8-18)21(26)17-24-13-15-25(16-14-24)19-3-5-20(27-2)6-4-19/h3-8,10-11H,9,12-17H2,1-2H3. The van der Waals surface area contributed by atoms with Crippen LogP contribution >= 0.6 is 0 Å². The van der Waals surface area contributed by atoms with Crippen LogP contribution in [0.1, 0.15) is 5.56 Å². The molecule has 6 heteroatoms. The van der Waals surface area contributed by atoms with Crippen LogP contribution in [0.2, 0.25) is 0 Å². The lowest BCUT2D eigenvalue weighted by Gasteiger charge is -2.36. The SMILES string of the molecule is COc1ccc(N2CCN(CC(=O)N(C)CCc3ccncc3)CC2)cc1. The van der Waals surface area contributed by atoms with Crippen molar-refractivity contribution >= 4 is 11.6 Å². The van der Waals surface area contributed by atoms with Crippen molar-refractivity contribution < 1.29 is 9.53 Å². The van der Waals surface area contributed by atoms with Crippen molar-refractivity contribution in [3.8, 4) is 5.75 Å². The first-order valence-electron chi connectivity index (χ1n) is 9.40. The molecule has 1 aromatic heterocycles. The first-order valence-corrected chi connectivity index (χ1v) is 9.40. The van der Waals surface area contributed by atoms with E-state index in [1.54, 1.807) is 19.5 Å². The maximum absolute atomic E-state index is 12.5. The Kier molecular flexibility index (Phi) is 6.65. The highest BCUT2D eigenvalue weighted by Crippen LogP contribution is 2.20. The molecule has 0 radical (unpaired) electrons. The van der Waals surface area contributed by atoms with Gasteiger partial charge in [0.15, 0.2) is 0 Å². The summed E-state index contributed by atoms with van der Waals surface area (Å²) >= 11 is 0. The Hall–Kier alpha value is -2.60. The van der Waals surface area contributed by atoms with E-state index in [9.17, 15) is 4.79 Å². The molecule has 1 saturated heterocycles. The third kappa shape index (κ3) is 5.44. The Labute approximate surface area is 161 Å². The zero-order valence-corrected chi connectivity index (χ0v) is 16.2. The summed E-state index contributed by atoms with van der Waals surface area (Å²) in [5.41, 5.74) is 2.41. The number of likely N-dealkylation sites (N-methyl/N-ethyl adjacent to an activating group) is 1. The number of rotatable bonds is 7. The lowest BCUT2D eigenvalue weighted by Crippen LogP contribution is -2.49. The molecule has 0 saturated carbocycles. The third-order valence-corrected chi connectivity index (χ3v) is 5.08. The lowest BCUT2D eigenvalue weighted by molar-refractivity contribution is -0.131. The number of benzene rings is 1. The topological polar surface area (TPSA) is 48.9 Å². The quantitative estimate of drug-likeness (QED) is 0.747. The van der Waals surface area contributed by atoms with Gasteiger partial charge in [0.2, 0.25) is 5.91 Å². The largest absolute Gasteiger partial charge is 0.497 e. The van der Waals surface area contributed by atoms with Gasteiger partial charge >= 0.3 is 0 Å². The first-order chi connectivity index (χ1) is 13.2. The number of hydrogen-bond acceptors (Lipinski definition) is 5. The number of anilines is 1. The Morgan fingerprint density at radius 2 is 1.74 bits per heavy atom. The summed E-state index contributed by atoms with van der Waals surface area (Å²) in [6.45, 7) is 4.88. The number of piperazine rings is 1. The molecule has 2 aromatic rings. The molecule has 0 spiro atoms. The van der Waals surface area contributed by atoms with Crippen molar-refractivity contribution in [2.75, 3.05) is 58.3 Å². The van der Waals surface area contributed by atoms with Crippen molar-refractivity contribution in [3.63, 3.8) is 0 Å². The Balaban J connectivity index is 1.41. The first kappa shape index (κ1) is 19.2. The van der Waals surface area contributed by atoms with E-state index < -0.39 is 0 Å². The Morgan fingerprint density at radius 3 is 2.37 bits per heavy atom. The molecular formula is C21H28N4O2. The minimum atomic E-state index is 0.182. The number of methoxy groups -OCH3 is 1. The molecule has 0 unspecified atom stereocenters. The van der Waals surface area contributed by atoms with Gasteiger partial charge in [-0.2, -0.15) is 0 Å². The Morgan fingerprint density at radius 1 is 1.07 bits per heavy atom. The zero-order valence-electron chi connectivity index (χ0n) is 16.2. The number of hydrogen-bond donors (Lipinski definition) is 0. The molecule has 0 bridgehead atoms. The van der Waals surface area contributed by atoms with Crippen LogP contribution < -0.4 is 9.64 Å². The highest BCUT2D eigenvalue weighted by Gasteiger charge is 2.20. The summed E-state index contributed by atoms with van der Waals surface area (Å²) in [6, 6.07) is 12.2. The van der Waals surface area contributed by atoms with Gasteiger partial charge in [-0.25, -0.2) is 0 Å². The van der Waals surface area contributed by atoms with Gasteiger partial charge in [0.25, 0.3) is 0 Å². The fourth-order valence-corrected chi connectivity index (χ4v) is 3.24. The van der Waals surface area contributed by atoms with Crippen molar-refractivity contribution in [1.29, 1.82) is 0 Å². The summed E-state index contributed by atoms with van der Waals surface area (Å²) < 4.78 is 5.22. The second-order valence-corrected chi connectivity index (χ2v) is 6.88. The van der Waals surface area contributed by atoms with E-state index in [1.165, 1.54) is 11.3 Å². The summed E-state index contributed by atoms with van der Waals surface area (Å²) in [6.07, 6.45) is 4.44. The van der Waals surface area contributed by atoms with Gasteiger partial charge in [-0.3, -0.25) is 14.7 Å². The van der Waals surface area contributed by atoms with E-state index in [2.05, 4.69) is 26.9 Å². The monoisotopic (exact) mass is 368 g/mol. The average Bonchev–Trinajstić information content (AvgIpc) is 2.73. The number of nitrogens with zero attached hydrogens (tertiary/aromatic N) is 4. The smallest absolute Gasteiger partial charge is 0.236 e. The van der Waals surface area contributed by atoms with Crippen LogP contribution in [0.5, 0.6) is 5.75 Å². The number of ether oxygens (including phenoxy) is 1. The van der Waals surface area contributed by atoms with E-state index in [0.717, 1.165) is 44.9 Å². The van der Waals surface area contributed by atoms with Gasteiger partial charge in [0.05, 0.1) is 13.7 Å². The highest BCUT2D eigenvalue weighted by molar-refractivity contribution is 5.78. The molecule has 27 heavy (non-hydrogen) atoms. The molecule has 0 aliphatic carbocycles. The zero-order chi connectivity index (χ0) is 19.1. The normalized spacial score (nSPS) is 14.8. The van der Waals surface area contributed by atoms with Crippen molar-refractivity contribution in [2.24, 2.45) is 0 Å².